The molecule has 0 radical (unpaired) electrons. The minimum atomic E-state index is -0.0206. The van der Waals surface area contributed by atoms with Crippen LogP contribution in [0.3, 0.4) is 0 Å². The lowest BCUT2D eigenvalue weighted by Gasteiger charge is -1.97. The molecule has 0 spiro atoms. The predicted molar refractivity (Wildman–Crippen MR) is 48.6 cm³/mol. The van der Waals surface area contributed by atoms with Gasteiger partial charge in [0.25, 0.3) is 0 Å². The van der Waals surface area contributed by atoms with Crippen LogP contribution in [0.2, 0.25) is 0 Å². The lowest BCUT2D eigenvalue weighted by atomic mass is 10.4. The first-order valence-electron chi connectivity index (χ1n) is 3.80. The molecule has 0 saturated carbocycles. The number of allylic oxidation sites excluding steroid dienone is 1. The third-order valence-electron chi connectivity index (χ3n) is 1.43. The average molecular weight is 178 g/mol. The predicted octanol–water partition coefficient (Wildman–Crippen LogP) is 0.666. The number of carbonyl (C=O) groups excluding carboxylic acids is 1. The van der Waals surface area contributed by atoms with E-state index in [1.54, 1.807) is 19.1 Å². The van der Waals surface area contributed by atoms with Gasteiger partial charge in [0.1, 0.15) is 0 Å². The molecule has 1 aromatic heterocycles. The maximum atomic E-state index is 10.5. The average Bonchev–Trinajstić information content (AvgIpc) is 2.15. The molecule has 0 aromatic carbocycles. The highest BCUT2D eigenvalue weighted by molar-refractivity contribution is 5.52. The van der Waals surface area contributed by atoms with Crippen molar-refractivity contribution in [2.75, 3.05) is 0 Å². The summed E-state index contributed by atoms with van der Waals surface area (Å²) in [6, 6.07) is 3.04. The highest BCUT2D eigenvalue weighted by Gasteiger charge is 1.95. The van der Waals surface area contributed by atoms with Crippen molar-refractivity contribution >= 4 is 6.41 Å². The summed E-state index contributed by atoms with van der Waals surface area (Å²) in [4.78, 5) is 14.4. The van der Waals surface area contributed by atoms with Gasteiger partial charge in [0, 0.05) is 12.4 Å². The van der Waals surface area contributed by atoms with Crippen molar-refractivity contribution in [2.24, 2.45) is 4.99 Å². The van der Waals surface area contributed by atoms with Crippen LogP contribution in [0.15, 0.2) is 35.6 Å². The van der Waals surface area contributed by atoms with Gasteiger partial charge in [0.2, 0.25) is 6.41 Å². The van der Waals surface area contributed by atoms with Crippen molar-refractivity contribution in [2.45, 2.75) is 6.92 Å². The van der Waals surface area contributed by atoms with Gasteiger partial charge >= 0.3 is 0 Å². The maximum absolute atomic E-state index is 10.5. The molecule has 0 saturated heterocycles. The molecule has 4 nitrogen and oxygen atoms in total. The van der Waals surface area contributed by atoms with E-state index in [4.69, 9.17) is 0 Å². The molecular weight excluding hydrogens is 168 g/mol. The van der Waals surface area contributed by atoms with E-state index in [1.165, 1.54) is 23.0 Å². The number of nitrogens with zero attached hydrogens (tertiary/aromatic N) is 2. The molecule has 68 valence electrons. The molecule has 0 aliphatic heterocycles. The van der Waals surface area contributed by atoms with Crippen LogP contribution in [-0.4, -0.2) is 16.1 Å². The molecule has 1 N–H and O–H groups in total. The molecule has 1 heterocycles. The van der Waals surface area contributed by atoms with Crippen LogP contribution in [0.1, 0.15) is 6.92 Å². The SMILES string of the molecule is C/C=C\N=c1c(O)cccn1C=O. The van der Waals surface area contributed by atoms with Crippen molar-refractivity contribution in [1.82, 2.24) is 4.57 Å². The van der Waals surface area contributed by atoms with Gasteiger partial charge in [-0.05, 0) is 19.1 Å². The van der Waals surface area contributed by atoms with E-state index < -0.39 is 0 Å². The van der Waals surface area contributed by atoms with Gasteiger partial charge in [-0.3, -0.25) is 9.36 Å². The van der Waals surface area contributed by atoms with E-state index >= 15 is 0 Å². The molecular formula is C9H10N2O2. The fourth-order valence-electron chi connectivity index (χ4n) is 0.867. The molecule has 0 unspecified atom stereocenters. The van der Waals surface area contributed by atoms with E-state index in [1.807, 2.05) is 0 Å². The molecule has 0 aliphatic rings. The largest absolute Gasteiger partial charge is 0.504 e. The minimum Gasteiger partial charge on any atom is -0.504 e. The summed E-state index contributed by atoms with van der Waals surface area (Å²) in [6.45, 7) is 1.80. The van der Waals surface area contributed by atoms with E-state index in [0.717, 1.165) is 0 Å². The third kappa shape index (κ3) is 2.05. The monoisotopic (exact) mass is 178 g/mol. The second kappa shape index (κ2) is 4.25. The van der Waals surface area contributed by atoms with Gasteiger partial charge in [-0.25, -0.2) is 4.99 Å². The standard InChI is InChI=1S/C9H10N2O2/c1-2-5-10-9-8(13)4-3-6-11(9)7-12/h2-7,13H,1H3/b5-2-,10-9?. The topological polar surface area (TPSA) is 54.6 Å². The second-order valence-corrected chi connectivity index (χ2v) is 2.34. The van der Waals surface area contributed by atoms with Crippen LogP contribution in [0.5, 0.6) is 5.75 Å². The van der Waals surface area contributed by atoms with Crippen LogP contribution in [0.25, 0.3) is 0 Å². The van der Waals surface area contributed by atoms with Gasteiger partial charge in [-0.2, -0.15) is 0 Å². The van der Waals surface area contributed by atoms with Gasteiger partial charge in [0.15, 0.2) is 11.2 Å². The molecule has 0 fully saturated rings. The summed E-state index contributed by atoms with van der Waals surface area (Å²) < 4.78 is 1.20. The number of aromatic nitrogens is 1. The number of rotatable bonds is 2. The van der Waals surface area contributed by atoms with Gasteiger partial charge < -0.3 is 5.11 Å². The van der Waals surface area contributed by atoms with Crippen LogP contribution in [0, 0.1) is 0 Å². The van der Waals surface area contributed by atoms with E-state index in [0.29, 0.717) is 6.41 Å². The first-order valence-corrected chi connectivity index (χ1v) is 3.80. The molecule has 0 bridgehead atoms. The lowest BCUT2D eigenvalue weighted by molar-refractivity contribution is 0.459. The Hall–Kier alpha value is -1.84. The number of hydrogen-bond donors (Lipinski definition) is 1. The Morgan fingerprint density at radius 2 is 2.38 bits per heavy atom. The fraction of sp³-hybridized carbons (Fsp3) is 0.111. The van der Waals surface area contributed by atoms with E-state index in [2.05, 4.69) is 4.99 Å². The fourth-order valence-corrected chi connectivity index (χ4v) is 0.867. The Labute approximate surface area is 75.5 Å². The smallest absolute Gasteiger partial charge is 0.219 e. The Kier molecular flexibility index (Phi) is 3.03. The molecule has 0 amide bonds. The van der Waals surface area contributed by atoms with Gasteiger partial charge in [0.05, 0.1) is 0 Å². The summed E-state index contributed by atoms with van der Waals surface area (Å²) in [5.74, 6) is -0.0206. The molecule has 1 rings (SSSR count). The van der Waals surface area contributed by atoms with Crippen LogP contribution in [-0.2, 0) is 4.79 Å². The van der Waals surface area contributed by atoms with Crippen LogP contribution in [0.4, 0.5) is 0 Å². The first-order chi connectivity index (χ1) is 6.29. The number of hydrogen-bond acceptors (Lipinski definition) is 3. The summed E-state index contributed by atoms with van der Waals surface area (Å²) in [7, 11) is 0. The molecule has 13 heavy (non-hydrogen) atoms. The highest BCUT2D eigenvalue weighted by atomic mass is 16.3. The molecule has 1 aromatic rings. The summed E-state index contributed by atoms with van der Waals surface area (Å²) in [6.07, 6.45) is 5.33. The number of pyridine rings is 1. The lowest BCUT2D eigenvalue weighted by Crippen LogP contribution is -2.19. The summed E-state index contributed by atoms with van der Waals surface area (Å²) >= 11 is 0. The zero-order valence-electron chi connectivity index (χ0n) is 7.21. The van der Waals surface area contributed by atoms with Crippen molar-refractivity contribution in [3.63, 3.8) is 0 Å². The van der Waals surface area contributed by atoms with Crippen molar-refractivity contribution < 1.29 is 9.90 Å². The molecule has 0 atom stereocenters. The number of carbonyl (C=O) groups is 1. The highest BCUT2D eigenvalue weighted by Crippen LogP contribution is 1.96. The second-order valence-electron chi connectivity index (χ2n) is 2.34. The van der Waals surface area contributed by atoms with Crippen molar-refractivity contribution in [3.8, 4) is 5.75 Å². The van der Waals surface area contributed by atoms with Crippen molar-refractivity contribution in [3.05, 3.63) is 36.1 Å². The normalized spacial score (nSPS) is 12.2. The van der Waals surface area contributed by atoms with E-state index in [9.17, 15) is 9.90 Å². The number of aromatic hydroxyl groups is 1. The minimum absolute atomic E-state index is 0.0206. The molecule has 0 aliphatic carbocycles. The Balaban J connectivity index is 3.39. The quantitative estimate of drug-likeness (QED) is 0.676. The molecule has 4 heteroatoms. The Morgan fingerprint density at radius 1 is 1.62 bits per heavy atom. The summed E-state index contributed by atoms with van der Waals surface area (Å²) in [5.41, 5.74) is 0.232. The summed E-state index contributed by atoms with van der Waals surface area (Å²) in [5, 5.41) is 9.34. The zero-order valence-corrected chi connectivity index (χ0v) is 7.21. The van der Waals surface area contributed by atoms with Gasteiger partial charge in [-0.1, -0.05) is 6.08 Å². The zero-order chi connectivity index (χ0) is 9.68. The van der Waals surface area contributed by atoms with Crippen LogP contribution < -0.4 is 5.49 Å². The van der Waals surface area contributed by atoms with Gasteiger partial charge in [-0.15, -0.1) is 0 Å². The third-order valence-corrected chi connectivity index (χ3v) is 1.43. The van der Waals surface area contributed by atoms with E-state index in [-0.39, 0.29) is 11.2 Å². The Bertz CT molecular complexity index is 391. The van der Waals surface area contributed by atoms with Crippen LogP contribution >= 0.6 is 0 Å². The van der Waals surface area contributed by atoms with Crippen molar-refractivity contribution in [1.29, 1.82) is 0 Å². The maximum Gasteiger partial charge on any atom is 0.219 e. The Morgan fingerprint density at radius 3 is 3.00 bits per heavy atom. The first kappa shape index (κ1) is 9.25.